The Balaban J connectivity index is 1.87. The van der Waals surface area contributed by atoms with Gasteiger partial charge in [0.05, 0.1) is 0 Å². The molecule has 1 aliphatic rings. The number of hydrogen-bond donors (Lipinski definition) is 2. The van der Waals surface area contributed by atoms with Gasteiger partial charge in [0.25, 0.3) is 0 Å². The summed E-state index contributed by atoms with van der Waals surface area (Å²) in [6.07, 6.45) is -1.95. The van der Waals surface area contributed by atoms with Crippen LogP contribution in [0.1, 0.15) is 12.0 Å². The summed E-state index contributed by atoms with van der Waals surface area (Å²) >= 11 is 0. The van der Waals surface area contributed by atoms with Gasteiger partial charge < -0.3 is 15.4 Å². The Labute approximate surface area is 114 Å². The van der Waals surface area contributed by atoms with Crippen molar-refractivity contribution in [3.63, 3.8) is 0 Å². The fourth-order valence-electron chi connectivity index (χ4n) is 1.63. The molecule has 2 heterocycles. The molecule has 0 fully saturated rings. The molecule has 1 aliphatic heterocycles. The standard InChI is InChI=1S/C12H15F3N4O/c13-12(14,15)8-20-10-6-9(2-5-16-10)7-19-11-17-3-1-4-18-11/h2,5-6H,1,3-4,7-8H2,(H2,17,18,19). The molecule has 0 saturated heterocycles. The van der Waals surface area contributed by atoms with E-state index < -0.39 is 12.8 Å². The van der Waals surface area contributed by atoms with Gasteiger partial charge in [-0.3, -0.25) is 4.99 Å². The number of nitrogens with one attached hydrogen (secondary N) is 2. The van der Waals surface area contributed by atoms with E-state index >= 15 is 0 Å². The van der Waals surface area contributed by atoms with Crippen molar-refractivity contribution >= 4 is 5.96 Å². The van der Waals surface area contributed by atoms with Gasteiger partial charge in [-0.05, 0) is 18.1 Å². The minimum absolute atomic E-state index is 0.0415. The Morgan fingerprint density at radius 1 is 1.40 bits per heavy atom. The molecule has 0 atom stereocenters. The minimum atomic E-state index is -4.36. The number of ether oxygens (including phenoxy) is 1. The van der Waals surface area contributed by atoms with Crippen LogP contribution in [0.15, 0.2) is 23.3 Å². The van der Waals surface area contributed by atoms with Gasteiger partial charge in [0.1, 0.15) is 0 Å². The number of halogens is 3. The van der Waals surface area contributed by atoms with Gasteiger partial charge in [-0.2, -0.15) is 13.2 Å². The molecule has 1 aromatic heterocycles. The second kappa shape index (κ2) is 6.44. The van der Waals surface area contributed by atoms with Crippen molar-refractivity contribution < 1.29 is 17.9 Å². The first-order chi connectivity index (χ1) is 9.53. The Kier molecular flexibility index (Phi) is 4.65. The molecule has 110 valence electrons. The largest absolute Gasteiger partial charge is 0.468 e. The monoisotopic (exact) mass is 288 g/mol. The van der Waals surface area contributed by atoms with Crippen molar-refractivity contribution in [1.82, 2.24) is 15.6 Å². The second-order valence-electron chi connectivity index (χ2n) is 4.27. The minimum Gasteiger partial charge on any atom is -0.468 e. The van der Waals surface area contributed by atoms with Crippen LogP contribution in [0.4, 0.5) is 13.2 Å². The van der Waals surface area contributed by atoms with Crippen molar-refractivity contribution in [3.8, 4) is 5.88 Å². The molecule has 0 aromatic carbocycles. The van der Waals surface area contributed by atoms with Crippen molar-refractivity contribution in [3.05, 3.63) is 23.9 Å². The number of guanidine groups is 1. The van der Waals surface area contributed by atoms with Crippen molar-refractivity contribution in [1.29, 1.82) is 0 Å². The first kappa shape index (κ1) is 14.4. The van der Waals surface area contributed by atoms with Crippen LogP contribution in [0.5, 0.6) is 5.88 Å². The van der Waals surface area contributed by atoms with Crippen LogP contribution in [0.2, 0.25) is 0 Å². The van der Waals surface area contributed by atoms with Crippen LogP contribution in [0.3, 0.4) is 0 Å². The number of aliphatic imine (C=N–C) groups is 1. The lowest BCUT2D eigenvalue weighted by atomic mass is 10.2. The summed E-state index contributed by atoms with van der Waals surface area (Å²) in [5.74, 6) is 0.658. The summed E-state index contributed by atoms with van der Waals surface area (Å²) in [5.41, 5.74) is 0.771. The van der Waals surface area contributed by atoms with Gasteiger partial charge in [-0.25, -0.2) is 4.98 Å². The molecular formula is C12H15F3N4O. The third-order valence-corrected chi connectivity index (χ3v) is 2.54. The molecule has 2 rings (SSSR count). The second-order valence-corrected chi connectivity index (χ2v) is 4.27. The van der Waals surface area contributed by atoms with Gasteiger partial charge in [0, 0.05) is 31.9 Å². The van der Waals surface area contributed by atoms with Crippen LogP contribution in [0, 0.1) is 0 Å². The van der Waals surface area contributed by atoms with E-state index in [4.69, 9.17) is 0 Å². The van der Waals surface area contributed by atoms with E-state index in [-0.39, 0.29) is 5.88 Å². The molecule has 0 amide bonds. The molecular weight excluding hydrogens is 273 g/mol. The van der Waals surface area contributed by atoms with E-state index in [0.717, 1.165) is 25.1 Å². The molecule has 0 saturated carbocycles. The molecule has 8 heteroatoms. The first-order valence-electron chi connectivity index (χ1n) is 6.19. The summed E-state index contributed by atoms with van der Waals surface area (Å²) in [5, 5.41) is 6.16. The highest BCUT2D eigenvalue weighted by atomic mass is 19.4. The topological polar surface area (TPSA) is 58.5 Å². The maximum absolute atomic E-state index is 12.0. The van der Waals surface area contributed by atoms with E-state index in [0.29, 0.717) is 12.5 Å². The Morgan fingerprint density at radius 3 is 2.95 bits per heavy atom. The zero-order valence-corrected chi connectivity index (χ0v) is 10.7. The number of nitrogens with zero attached hydrogens (tertiary/aromatic N) is 2. The molecule has 0 aliphatic carbocycles. The highest BCUT2D eigenvalue weighted by Gasteiger charge is 2.28. The normalized spacial score (nSPS) is 15.2. The highest BCUT2D eigenvalue weighted by molar-refractivity contribution is 5.80. The van der Waals surface area contributed by atoms with Gasteiger partial charge in [0.2, 0.25) is 5.88 Å². The molecule has 20 heavy (non-hydrogen) atoms. The van der Waals surface area contributed by atoms with Crippen LogP contribution in [-0.4, -0.2) is 36.8 Å². The van der Waals surface area contributed by atoms with Gasteiger partial charge >= 0.3 is 6.18 Å². The summed E-state index contributed by atoms with van der Waals surface area (Å²) in [4.78, 5) is 7.98. The van der Waals surface area contributed by atoms with Gasteiger partial charge in [-0.1, -0.05) is 0 Å². The predicted molar refractivity (Wildman–Crippen MR) is 67.5 cm³/mol. The zero-order chi connectivity index (χ0) is 14.4. The third-order valence-electron chi connectivity index (χ3n) is 2.54. The maximum Gasteiger partial charge on any atom is 0.422 e. The number of hydrogen-bond acceptors (Lipinski definition) is 5. The van der Waals surface area contributed by atoms with Crippen LogP contribution in [-0.2, 0) is 6.54 Å². The Hall–Kier alpha value is -1.99. The first-order valence-corrected chi connectivity index (χ1v) is 6.19. The lowest BCUT2D eigenvalue weighted by Crippen LogP contribution is -2.40. The maximum atomic E-state index is 12.0. The lowest BCUT2D eigenvalue weighted by molar-refractivity contribution is -0.154. The summed E-state index contributed by atoms with van der Waals surface area (Å²) in [6.45, 7) is 0.732. The molecule has 0 spiro atoms. The third kappa shape index (κ3) is 4.94. The average molecular weight is 288 g/mol. The van der Waals surface area contributed by atoms with Crippen molar-refractivity contribution in [2.45, 2.75) is 19.1 Å². The Bertz CT molecular complexity index is 476. The number of pyridine rings is 1. The zero-order valence-electron chi connectivity index (χ0n) is 10.7. The molecule has 0 radical (unpaired) electrons. The van der Waals surface area contributed by atoms with Crippen LogP contribution < -0.4 is 15.4 Å². The summed E-state index contributed by atoms with van der Waals surface area (Å²) in [7, 11) is 0. The fraction of sp³-hybridized carbons (Fsp3) is 0.500. The predicted octanol–water partition coefficient (Wildman–Crippen LogP) is 1.46. The van der Waals surface area contributed by atoms with E-state index in [1.54, 1.807) is 6.07 Å². The highest BCUT2D eigenvalue weighted by Crippen LogP contribution is 2.17. The Morgan fingerprint density at radius 2 is 2.25 bits per heavy atom. The molecule has 5 nitrogen and oxygen atoms in total. The lowest BCUT2D eigenvalue weighted by Gasteiger charge is -2.16. The average Bonchev–Trinajstić information content (AvgIpc) is 2.44. The summed E-state index contributed by atoms with van der Waals surface area (Å²) in [6, 6.07) is 3.18. The van der Waals surface area contributed by atoms with Gasteiger partial charge in [0.15, 0.2) is 12.6 Å². The van der Waals surface area contributed by atoms with Gasteiger partial charge in [-0.15, -0.1) is 0 Å². The van der Waals surface area contributed by atoms with Crippen LogP contribution in [0.25, 0.3) is 0 Å². The van der Waals surface area contributed by atoms with E-state index in [9.17, 15) is 13.2 Å². The molecule has 0 unspecified atom stereocenters. The molecule has 0 bridgehead atoms. The quantitative estimate of drug-likeness (QED) is 0.880. The van der Waals surface area contributed by atoms with Crippen LogP contribution >= 0.6 is 0 Å². The number of rotatable bonds is 4. The fourth-order valence-corrected chi connectivity index (χ4v) is 1.63. The van der Waals surface area contributed by atoms with E-state index in [1.165, 1.54) is 12.3 Å². The SMILES string of the molecule is FC(F)(F)COc1cc(CNC2=NCCCN2)ccn1. The van der Waals surface area contributed by atoms with E-state index in [2.05, 4.69) is 25.3 Å². The number of aromatic nitrogens is 1. The molecule has 2 N–H and O–H groups in total. The molecule has 1 aromatic rings. The smallest absolute Gasteiger partial charge is 0.422 e. The summed E-state index contributed by atoms with van der Waals surface area (Å²) < 4.78 is 40.7. The van der Waals surface area contributed by atoms with Crippen molar-refractivity contribution in [2.75, 3.05) is 19.7 Å². The number of alkyl halides is 3. The van der Waals surface area contributed by atoms with E-state index in [1.807, 2.05) is 0 Å². The van der Waals surface area contributed by atoms with Crippen molar-refractivity contribution in [2.24, 2.45) is 4.99 Å².